The highest BCUT2D eigenvalue weighted by Gasteiger charge is 2.58. The first kappa shape index (κ1) is 37.5. The molecule has 1 aliphatic heterocycles. The van der Waals surface area contributed by atoms with Crippen molar-refractivity contribution in [1.29, 1.82) is 0 Å². The molecule has 3 unspecified atom stereocenters. The van der Waals surface area contributed by atoms with E-state index < -0.39 is 79.0 Å². The summed E-state index contributed by atoms with van der Waals surface area (Å²) in [6, 6.07) is 25.4. The third kappa shape index (κ3) is 9.45. The van der Waals surface area contributed by atoms with Crippen molar-refractivity contribution in [2.24, 2.45) is 5.41 Å². The summed E-state index contributed by atoms with van der Waals surface area (Å²) in [4.78, 5) is 64.2. The Morgan fingerprint density at radius 3 is 2.00 bits per heavy atom. The number of ether oxygens (including phenoxy) is 5. The molecular formula is C37H41NO12. The predicted molar refractivity (Wildman–Crippen MR) is 177 cm³/mol. The van der Waals surface area contributed by atoms with Crippen molar-refractivity contribution in [1.82, 2.24) is 4.90 Å². The third-order valence-electron chi connectivity index (χ3n) is 8.14. The maximum absolute atomic E-state index is 14.1. The number of aliphatic carboxylic acids is 2. The van der Waals surface area contributed by atoms with Gasteiger partial charge in [-0.2, -0.15) is 0 Å². The molecule has 0 aromatic heterocycles. The van der Waals surface area contributed by atoms with E-state index in [-0.39, 0.29) is 0 Å². The summed E-state index contributed by atoms with van der Waals surface area (Å²) in [6.07, 6.45) is -0.576. The van der Waals surface area contributed by atoms with Gasteiger partial charge in [-0.05, 0) is 75.9 Å². The van der Waals surface area contributed by atoms with E-state index in [9.17, 15) is 34.2 Å². The second kappa shape index (κ2) is 16.4. The highest BCUT2D eigenvalue weighted by atomic mass is 16.8. The number of carboxylic acid groups (broad SMARTS) is 2. The van der Waals surface area contributed by atoms with Gasteiger partial charge in [-0.3, -0.25) is 14.4 Å². The van der Waals surface area contributed by atoms with E-state index in [0.29, 0.717) is 24.3 Å². The number of hydrogen-bond acceptors (Lipinski definition) is 10. The minimum absolute atomic E-state index is 0.414. The lowest BCUT2D eigenvalue weighted by atomic mass is 9.85. The van der Waals surface area contributed by atoms with Crippen LogP contribution in [-0.4, -0.2) is 82.8 Å². The van der Waals surface area contributed by atoms with E-state index in [1.165, 1.54) is 0 Å². The summed E-state index contributed by atoms with van der Waals surface area (Å²) in [6.45, 7) is 4.56. The molecule has 0 bridgehead atoms. The number of rotatable bonds is 15. The maximum atomic E-state index is 14.1. The van der Waals surface area contributed by atoms with Crippen molar-refractivity contribution in [2.75, 3.05) is 19.9 Å². The molecule has 1 aliphatic rings. The molecular weight excluding hydrogens is 650 g/mol. The topological polar surface area (TPSA) is 175 Å². The Morgan fingerprint density at radius 1 is 0.860 bits per heavy atom. The van der Waals surface area contributed by atoms with Gasteiger partial charge in [0.05, 0.1) is 12.0 Å². The van der Waals surface area contributed by atoms with Crippen LogP contribution in [0.2, 0.25) is 0 Å². The average molecular weight is 692 g/mol. The monoisotopic (exact) mass is 691 g/mol. The van der Waals surface area contributed by atoms with Crippen LogP contribution in [0.15, 0.2) is 84.9 Å². The number of carbonyl (C=O) groups excluding carboxylic acids is 3. The van der Waals surface area contributed by atoms with Crippen LogP contribution in [0.3, 0.4) is 0 Å². The molecule has 2 N–H and O–H groups in total. The molecule has 0 spiro atoms. The molecule has 3 aromatic carbocycles. The first-order valence-corrected chi connectivity index (χ1v) is 16.0. The van der Waals surface area contributed by atoms with Crippen LogP contribution in [-0.2, 0) is 49.3 Å². The zero-order valence-electron chi connectivity index (χ0n) is 28.3. The first-order valence-electron chi connectivity index (χ1n) is 16.0. The van der Waals surface area contributed by atoms with Gasteiger partial charge in [0, 0.05) is 12.0 Å². The average Bonchev–Trinajstić information content (AvgIpc) is 3.56. The van der Waals surface area contributed by atoms with Gasteiger partial charge in [0.15, 0.2) is 6.10 Å². The lowest BCUT2D eigenvalue weighted by Crippen LogP contribution is -2.52. The van der Waals surface area contributed by atoms with Crippen LogP contribution >= 0.6 is 0 Å². The number of hydrogen-bond donors (Lipinski definition) is 2. The molecule has 4 rings (SSSR count). The highest BCUT2D eigenvalue weighted by molar-refractivity contribution is 6.01. The molecule has 13 nitrogen and oxygen atoms in total. The second-order valence-corrected chi connectivity index (χ2v) is 12.8. The molecule has 50 heavy (non-hydrogen) atoms. The number of carbonyl (C=O) groups is 5. The van der Waals surface area contributed by atoms with E-state index >= 15 is 0 Å². The Hall–Kier alpha value is -5.27. The lowest BCUT2D eigenvalue weighted by Gasteiger charge is -2.36. The van der Waals surface area contributed by atoms with Gasteiger partial charge in [0.1, 0.15) is 18.0 Å². The Balaban J connectivity index is 1.63. The Bertz CT molecular complexity index is 1620. The summed E-state index contributed by atoms with van der Waals surface area (Å²) < 4.78 is 26.4. The van der Waals surface area contributed by atoms with Gasteiger partial charge < -0.3 is 38.8 Å². The summed E-state index contributed by atoms with van der Waals surface area (Å²) >= 11 is 0. The number of para-hydroxylation sites is 1. The standard InChI is InChI=1S/C37H41NO12/c1-24(29(20-15-25-11-7-5-8-12-25)26-16-18-28(19-17-26)49-27-13-9-6-10-14-27)38(21-31(39)46-23-47-35(45)36(2,3)4)32(40)30-22-48-37(50-30,33(41)42)34(43)44/h5-14,16-19,24,29-30H,15,20-23H2,1-4H3,(H,41,42)(H,43,44). The molecule has 3 atom stereocenters. The SMILES string of the molecule is CC(C(CCc1ccccc1)c1ccc(Oc2ccccc2)cc1)N(CC(=O)OCOC(=O)C(C)(C)C)C(=O)C1COC(C(=O)O)(C(=O)O)O1. The third-order valence-corrected chi connectivity index (χ3v) is 8.14. The van der Waals surface area contributed by atoms with Gasteiger partial charge in [-0.1, -0.05) is 60.7 Å². The molecule has 1 amide bonds. The van der Waals surface area contributed by atoms with Crippen LogP contribution in [0.5, 0.6) is 11.5 Å². The number of carboxylic acids is 2. The molecule has 1 heterocycles. The summed E-state index contributed by atoms with van der Waals surface area (Å²) in [7, 11) is 0. The molecule has 0 radical (unpaired) electrons. The van der Waals surface area contributed by atoms with Gasteiger partial charge in [0.25, 0.3) is 5.91 Å². The summed E-state index contributed by atoms with van der Waals surface area (Å²) in [5.74, 6) is -8.61. The van der Waals surface area contributed by atoms with Crippen molar-refractivity contribution in [3.8, 4) is 11.5 Å². The molecule has 1 saturated heterocycles. The van der Waals surface area contributed by atoms with Crippen molar-refractivity contribution in [2.45, 2.75) is 64.4 Å². The van der Waals surface area contributed by atoms with E-state index in [1.807, 2.05) is 72.8 Å². The van der Waals surface area contributed by atoms with Crippen LogP contribution in [0.1, 0.15) is 51.2 Å². The van der Waals surface area contributed by atoms with Crippen molar-refractivity contribution >= 4 is 29.8 Å². The second-order valence-electron chi connectivity index (χ2n) is 12.8. The van der Waals surface area contributed by atoms with E-state index in [0.717, 1.165) is 16.0 Å². The Kier molecular flexibility index (Phi) is 12.3. The highest BCUT2D eigenvalue weighted by Crippen LogP contribution is 2.33. The van der Waals surface area contributed by atoms with E-state index in [2.05, 4.69) is 0 Å². The number of amides is 1. The Labute approximate surface area is 289 Å². The largest absolute Gasteiger partial charge is 0.477 e. The fraction of sp³-hybridized carbons (Fsp3) is 0.378. The van der Waals surface area contributed by atoms with Gasteiger partial charge in [-0.25, -0.2) is 9.59 Å². The number of esters is 2. The summed E-state index contributed by atoms with van der Waals surface area (Å²) in [5.41, 5.74) is 0.983. The smallest absolute Gasteiger partial charge is 0.377 e. The van der Waals surface area contributed by atoms with Crippen LogP contribution in [0.4, 0.5) is 0 Å². The van der Waals surface area contributed by atoms with E-state index in [4.69, 9.17) is 23.7 Å². The summed E-state index contributed by atoms with van der Waals surface area (Å²) in [5, 5.41) is 19.2. The zero-order chi connectivity index (χ0) is 36.5. The van der Waals surface area contributed by atoms with Crippen LogP contribution < -0.4 is 4.74 Å². The number of benzene rings is 3. The predicted octanol–water partition coefficient (Wildman–Crippen LogP) is 4.78. The molecule has 13 heteroatoms. The Morgan fingerprint density at radius 2 is 1.44 bits per heavy atom. The van der Waals surface area contributed by atoms with Crippen LogP contribution in [0, 0.1) is 5.41 Å². The molecule has 0 aliphatic carbocycles. The van der Waals surface area contributed by atoms with Gasteiger partial charge in [-0.15, -0.1) is 0 Å². The van der Waals surface area contributed by atoms with Crippen molar-refractivity contribution in [3.63, 3.8) is 0 Å². The normalized spacial score (nSPS) is 16.4. The van der Waals surface area contributed by atoms with E-state index in [1.54, 1.807) is 39.8 Å². The molecule has 266 valence electrons. The minimum Gasteiger partial charge on any atom is -0.477 e. The molecule has 1 fully saturated rings. The quantitative estimate of drug-likeness (QED) is 0.127. The van der Waals surface area contributed by atoms with Gasteiger partial charge >= 0.3 is 29.7 Å². The first-order chi connectivity index (χ1) is 23.7. The maximum Gasteiger partial charge on any atom is 0.377 e. The van der Waals surface area contributed by atoms with Crippen molar-refractivity contribution in [3.05, 3.63) is 96.1 Å². The zero-order valence-corrected chi connectivity index (χ0v) is 28.3. The van der Waals surface area contributed by atoms with Crippen molar-refractivity contribution < 1.29 is 57.9 Å². The number of aryl methyl sites for hydroxylation is 1. The van der Waals surface area contributed by atoms with Crippen LogP contribution in [0.25, 0.3) is 0 Å². The fourth-order valence-corrected chi connectivity index (χ4v) is 5.33. The minimum atomic E-state index is -3.10. The molecule has 3 aromatic rings. The van der Waals surface area contributed by atoms with Gasteiger partial charge in [0.2, 0.25) is 6.79 Å². The molecule has 0 saturated carbocycles. The lowest BCUT2D eigenvalue weighted by molar-refractivity contribution is -0.218. The fourth-order valence-electron chi connectivity index (χ4n) is 5.33. The number of nitrogens with zero attached hydrogens (tertiary/aromatic N) is 1.